The van der Waals surface area contributed by atoms with Crippen molar-refractivity contribution in [2.24, 2.45) is 0 Å². The molecule has 19 heavy (non-hydrogen) atoms. The maximum atomic E-state index is 9.86. The van der Waals surface area contributed by atoms with Gasteiger partial charge in [0.1, 0.15) is 5.82 Å². The van der Waals surface area contributed by atoms with Crippen molar-refractivity contribution < 1.29 is 5.11 Å². The molecule has 2 rings (SSSR count). The lowest BCUT2D eigenvalue weighted by Gasteiger charge is -2.27. The first kappa shape index (κ1) is 14.3. The summed E-state index contributed by atoms with van der Waals surface area (Å²) in [5, 5.41) is 9.86. The number of aliphatic hydroxyl groups excluding tert-OH is 1. The van der Waals surface area contributed by atoms with Gasteiger partial charge < -0.3 is 10.0 Å². The molecule has 2 heterocycles. The van der Waals surface area contributed by atoms with Crippen molar-refractivity contribution in [1.29, 1.82) is 0 Å². The molecule has 0 bridgehead atoms. The highest BCUT2D eigenvalue weighted by molar-refractivity contribution is 5.48. The summed E-state index contributed by atoms with van der Waals surface area (Å²) in [5.41, 5.74) is 0.933. The van der Waals surface area contributed by atoms with E-state index in [-0.39, 0.29) is 0 Å². The second kappa shape index (κ2) is 6.35. The van der Waals surface area contributed by atoms with Crippen LogP contribution in [0.5, 0.6) is 0 Å². The molecule has 1 aromatic heterocycles. The first-order chi connectivity index (χ1) is 9.17. The van der Waals surface area contributed by atoms with Crippen LogP contribution in [-0.4, -0.2) is 47.2 Å². The van der Waals surface area contributed by atoms with E-state index in [1.165, 1.54) is 6.42 Å². The Bertz CT molecular complexity index is 404. The summed E-state index contributed by atoms with van der Waals surface area (Å²) in [6, 6.07) is 4.47. The Morgan fingerprint density at radius 3 is 2.84 bits per heavy atom. The van der Waals surface area contributed by atoms with Crippen LogP contribution < -0.4 is 4.90 Å². The van der Waals surface area contributed by atoms with Crippen molar-refractivity contribution >= 4 is 5.82 Å². The van der Waals surface area contributed by atoms with Gasteiger partial charge in [0.2, 0.25) is 0 Å². The average Bonchev–Trinajstić information content (AvgIpc) is 2.89. The first-order valence-electron chi connectivity index (χ1n) is 7.29. The minimum atomic E-state index is -0.462. The standard InChI is InChI=1S/C15H25N3O/c1-4-17(5-2)13-8-10-18(11-13)15-14(12(3)19)7-6-9-16-15/h6-7,9,12-13,19H,4-5,8,10-11H2,1-3H3. The van der Waals surface area contributed by atoms with E-state index < -0.39 is 6.10 Å². The van der Waals surface area contributed by atoms with Gasteiger partial charge in [0.05, 0.1) is 6.10 Å². The van der Waals surface area contributed by atoms with Crippen molar-refractivity contribution in [3.63, 3.8) is 0 Å². The van der Waals surface area contributed by atoms with Crippen LogP contribution in [0.4, 0.5) is 5.82 Å². The van der Waals surface area contributed by atoms with Crippen LogP contribution in [0.1, 0.15) is 38.9 Å². The van der Waals surface area contributed by atoms with Gasteiger partial charge in [-0.2, -0.15) is 0 Å². The minimum absolute atomic E-state index is 0.462. The highest BCUT2D eigenvalue weighted by Crippen LogP contribution is 2.27. The fourth-order valence-electron chi connectivity index (χ4n) is 2.97. The summed E-state index contributed by atoms with van der Waals surface area (Å²) < 4.78 is 0. The number of aromatic nitrogens is 1. The Labute approximate surface area is 116 Å². The summed E-state index contributed by atoms with van der Waals surface area (Å²) in [4.78, 5) is 9.29. The topological polar surface area (TPSA) is 39.6 Å². The third-order valence-corrected chi connectivity index (χ3v) is 4.06. The first-order valence-corrected chi connectivity index (χ1v) is 7.29. The van der Waals surface area contributed by atoms with E-state index in [1.54, 1.807) is 6.92 Å². The van der Waals surface area contributed by atoms with Crippen molar-refractivity contribution in [2.45, 2.75) is 39.3 Å². The van der Waals surface area contributed by atoms with Crippen LogP contribution in [0.3, 0.4) is 0 Å². The number of likely N-dealkylation sites (N-methyl/N-ethyl adjacent to an activating group) is 1. The molecule has 4 heteroatoms. The molecular weight excluding hydrogens is 238 g/mol. The van der Waals surface area contributed by atoms with Gasteiger partial charge in [0.15, 0.2) is 0 Å². The lowest BCUT2D eigenvalue weighted by molar-refractivity contribution is 0.199. The molecule has 0 saturated carbocycles. The molecule has 0 amide bonds. The minimum Gasteiger partial charge on any atom is -0.389 e. The third kappa shape index (κ3) is 3.07. The van der Waals surface area contributed by atoms with E-state index in [0.29, 0.717) is 6.04 Å². The van der Waals surface area contributed by atoms with Gasteiger partial charge in [-0.1, -0.05) is 19.9 Å². The molecular formula is C15H25N3O. The normalized spacial score (nSPS) is 21.1. The number of pyridine rings is 1. The highest BCUT2D eigenvalue weighted by atomic mass is 16.3. The molecule has 0 radical (unpaired) electrons. The summed E-state index contributed by atoms with van der Waals surface area (Å²) in [7, 11) is 0. The molecule has 1 aliphatic rings. The quantitative estimate of drug-likeness (QED) is 0.882. The van der Waals surface area contributed by atoms with Gasteiger partial charge in [0.25, 0.3) is 0 Å². The van der Waals surface area contributed by atoms with Crippen molar-refractivity contribution in [1.82, 2.24) is 9.88 Å². The van der Waals surface area contributed by atoms with E-state index in [4.69, 9.17) is 0 Å². The number of rotatable bonds is 5. The lowest BCUT2D eigenvalue weighted by Crippen LogP contribution is -2.37. The van der Waals surface area contributed by atoms with Crippen molar-refractivity contribution in [2.75, 3.05) is 31.1 Å². The number of aliphatic hydroxyl groups is 1. The van der Waals surface area contributed by atoms with Crippen molar-refractivity contribution in [3.8, 4) is 0 Å². The molecule has 0 aliphatic carbocycles. The van der Waals surface area contributed by atoms with Crippen LogP contribution in [0.2, 0.25) is 0 Å². The van der Waals surface area contributed by atoms with Crippen LogP contribution in [0.15, 0.2) is 18.3 Å². The van der Waals surface area contributed by atoms with Gasteiger partial charge in [-0.05, 0) is 32.5 Å². The fourth-order valence-corrected chi connectivity index (χ4v) is 2.97. The predicted octanol–water partition coefficient (Wildman–Crippen LogP) is 2.06. The van der Waals surface area contributed by atoms with Crippen LogP contribution >= 0.6 is 0 Å². The zero-order chi connectivity index (χ0) is 13.8. The summed E-state index contributed by atoms with van der Waals surface area (Å²) in [5.74, 6) is 0.951. The maximum absolute atomic E-state index is 9.86. The zero-order valence-electron chi connectivity index (χ0n) is 12.2. The molecule has 1 aromatic rings. The lowest BCUT2D eigenvalue weighted by atomic mass is 10.1. The average molecular weight is 263 g/mol. The summed E-state index contributed by atoms with van der Waals surface area (Å²) in [6.07, 6.45) is 2.53. The van der Waals surface area contributed by atoms with Crippen molar-refractivity contribution in [3.05, 3.63) is 23.9 Å². The van der Waals surface area contributed by atoms with E-state index in [1.807, 2.05) is 18.3 Å². The number of hydrogen-bond donors (Lipinski definition) is 1. The van der Waals surface area contributed by atoms with Gasteiger partial charge in [0, 0.05) is 30.9 Å². The van der Waals surface area contributed by atoms with Gasteiger partial charge in [-0.15, -0.1) is 0 Å². The summed E-state index contributed by atoms with van der Waals surface area (Å²) in [6.45, 7) is 10.5. The van der Waals surface area contributed by atoms with E-state index in [9.17, 15) is 5.11 Å². The fraction of sp³-hybridized carbons (Fsp3) is 0.667. The Balaban J connectivity index is 2.13. The SMILES string of the molecule is CCN(CC)C1CCN(c2ncccc2C(C)O)C1. The second-order valence-electron chi connectivity index (χ2n) is 5.20. The second-order valence-corrected chi connectivity index (χ2v) is 5.20. The smallest absolute Gasteiger partial charge is 0.134 e. The molecule has 1 N–H and O–H groups in total. The van der Waals surface area contributed by atoms with Gasteiger partial charge >= 0.3 is 0 Å². The Hall–Kier alpha value is -1.13. The molecule has 1 aliphatic heterocycles. The molecule has 0 spiro atoms. The highest BCUT2D eigenvalue weighted by Gasteiger charge is 2.28. The third-order valence-electron chi connectivity index (χ3n) is 4.06. The van der Waals surface area contributed by atoms with Gasteiger partial charge in [-0.3, -0.25) is 4.90 Å². The Morgan fingerprint density at radius 1 is 1.47 bits per heavy atom. The van der Waals surface area contributed by atoms with E-state index in [2.05, 4.69) is 28.6 Å². The largest absolute Gasteiger partial charge is 0.389 e. The van der Waals surface area contributed by atoms with Crippen LogP contribution in [-0.2, 0) is 0 Å². The van der Waals surface area contributed by atoms with E-state index >= 15 is 0 Å². The maximum Gasteiger partial charge on any atom is 0.134 e. The molecule has 4 nitrogen and oxygen atoms in total. The van der Waals surface area contributed by atoms with Crippen LogP contribution in [0.25, 0.3) is 0 Å². The van der Waals surface area contributed by atoms with Crippen LogP contribution in [0, 0.1) is 0 Å². The monoisotopic (exact) mass is 263 g/mol. The van der Waals surface area contributed by atoms with Gasteiger partial charge in [-0.25, -0.2) is 4.98 Å². The molecule has 0 aromatic carbocycles. The summed E-state index contributed by atoms with van der Waals surface area (Å²) >= 11 is 0. The molecule has 106 valence electrons. The Kier molecular flexibility index (Phi) is 4.77. The number of anilines is 1. The predicted molar refractivity (Wildman–Crippen MR) is 78.4 cm³/mol. The molecule has 2 atom stereocenters. The molecule has 2 unspecified atom stereocenters. The molecule has 1 saturated heterocycles. The van der Waals surface area contributed by atoms with E-state index in [0.717, 1.165) is 37.6 Å². The Morgan fingerprint density at radius 2 is 2.21 bits per heavy atom. The number of hydrogen-bond acceptors (Lipinski definition) is 4. The molecule has 1 fully saturated rings. The zero-order valence-corrected chi connectivity index (χ0v) is 12.2. The number of nitrogens with zero attached hydrogens (tertiary/aromatic N) is 3.